The van der Waals surface area contributed by atoms with Crippen LogP contribution in [0, 0.1) is 17.8 Å². The molecule has 14 nitrogen and oxygen atoms in total. The molecule has 9 atom stereocenters. The number of nitrogens with zero attached hydrogens (tertiary/aromatic N) is 4. The smallest absolute Gasteiger partial charge is 0.407 e. The second kappa shape index (κ2) is 16.3. The molecule has 4 fully saturated rings. The fraction of sp³-hybridized carbons (Fsp3) is 0.360. The predicted molar refractivity (Wildman–Crippen MR) is 241 cm³/mol. The van der Waals surface area contributed by atoms with Crippen LogP contribution in [0.1, 0.15) is 81.8 Å². The minimum absolute atomic E-state index is 0.0738. The molecule has 4 aliphatic rings. The lowest BCUT2D eigenvalue weighted by atomic mass is 9.97. The molecule has 2 saturated heterocycles. The van der Waals surface area contributed by atoms with Crippen LogP contribution in [0.4, 0.5) is 9.59 Å². The number of alkyl carbamates (subject to hydrolysis) is 2. The Morgan fingerprint density at radius 3 is 2.28 bits per heavy atom. The number of hydrogen-bond acceptors (Lipinski definition) is 8. The summed E-state index contributed by atoms with van der Waals surface area (Å²) in [6.45, 7) is 5.99. The molecule has 2 saturated carbocycles. The highest BCUT2D eigenvalue weighted by molar-refractivity contribution is 6.05. The van der Waals surface area contributed by atoms with E-state index < -0.39 is 24.3 Å². The molecule has 2 aromatic heterocycles. The Balaban J connectivity index is 0.880. The molecule has 4 N–H and O–H groups in total. The lowest BCUT2D eigenvalue weighted by Gasteiger charge is -2.36. The number of H-pyrrole nitrogens is 2. The van der Waals surface area contributed by atoms with Gasteiger partial charge < -0.3 is 39.9 Å². The first-order valence-corrected chi connectivity index (χ1v) is 22.1. The van der Waals surface area contributed by atoms with Crippen LogP contribution in [0.15, 0.2) is 103 Å². The zero-order valence-electron chi connectivity index (χ0n) is 36.5. The van der Waals surface area contributed by atoms with Gasteiger partial charge >= 0.3 is 12.2 Å². The van der Waals surface area contributed by atoms with E-state index in [4.69, 9.17) is 19.4 Å². The number of amides is 4. The van der Waals surface area contributed by atoms with Crippen molar-refractivity contribution in [2.75, 3.05) is 14.2 Å². The Labute approximate surface area is 370 Å². The highest BCUT2D eigenvalue weighted by atomic mass is 16.5. The van der Waals surface area contributed by atoms with Crippen LogP contribution in [0.3, 0.4) is 0 Å². The van der Waals surface area contributed by atoms with Gasteiger partial charge in [-0.05, 0) is 97.1 Å². The summed E-state index contributed by atoms with van der Waals surface area (Å²) in [5, 5.41) is 7.60. The average molecular weight is 861 g/mol. The van der Waals surface area contributed by atoms with E-state index in [0.29, 0.717) is 17.4 Å². The van der Waals surface area contributed by atoms with Crippen molar-refractivity contribution in [2.45, 2.75) is 82.7 Å². The first-order valence-electron chi connectivity index (χ1n) is 22.1. The molecule has 6 aromatic rings. The van der Waals surface area contributed by atoms with E-state index in [1.807, 2.05) is 66.2 Å². The van der Waals surface area contributed by atoms with Gasteiger partial charge in [-0.3, -0.25) is 9.59 Å². The van der Waals surface area contributed by atoms with Crippen molar-refractivity contribution in [1.29, 1.82) is 0 Å². The topological polar surface area (TPSA) is 175 Å². The molecule has 10 rings (SSSR count). The number of carbonyl (C=O) groups is 4. The van der Waals surface area contributed by atoms with E-state index >= 15 is 0 Å². The highest BCUT2D eigenvalue weighted by Gasteiger charge is 2.61. The van der Waals surface area contributed by atoms with Crippen LogP contribution < -0.4 is 10.6 Å². The molecule has 14 heteroatoms. The number of fused-ring (bicyclic) bond motifs is 6. The van der Waals surface area contributed by atoms with Crippen molar-refractivity contribution in [3.05, 3.63) is 120 Å². The molecule has 328 valence electrons. The summed E-state index contributed by atoms with van der Waals surface area (Å²) < 4.78 is 9.75. The van der Waals surface area contributed by atoms with E-state index in [1.54, 1.807) is 6.08 Å². The third-order valence-electron chi connectivity index (χ3n) is 14.0. The van der Waals surface area contributed by atoms with Gasteiger partial charge in [0.15, 0.2) is 0 Å². The number of rotatable bonds is 10. The second-order valence-corrected chi connectivity index (χ2v) is 18.0. The van der Waals surface area contributed by atoms with Crippen LogP contribution in [0.25, 0.3) is 44.2 Å². The maximum atomic E-state index is 14.4. The zero-order valence-corrected chi connectivity index (χ0v) is 36.5. The lowest BCUT2D eigenvalue weighted by Crippen LogP contribution is -2.51. The third-order valence-corrected chi connectivity index (χ3v) is 14.0. The number of ether oxygens (including phenoxy) is 2. The van der Waals surface area contributed by atoms with Gasteiger partial charge in [0.05, 0.1) is 49.2 Å². The Bertz CT molecular complexity index is 2810. The van der Waals surface area contributed by atoms with Crippen LogP contribution in [0.2, 0.25) is 0 Å². The zero-order chi connectivity index (χ0) is 44.4. The van der Waals surface area contributed by atoms with Gasteiger partial charge in [-0.1, -0.05) is 91.4 Å². The van der Waals surface area contributed by atoms with E-state index in [9.17, 15) is 19.2 Å². The summed E-state index contributed by atoms with van der Waals surface area (Å²) in [6, 6.07) is 26.2. The maximum Gasteiger partial charge on any atom is 0.407 e. The Hall–Kier alpha value is -6.96. The number of imidazole rings is 2. The number of aromatic amines is 2. The maximum absolute atomic E-state index is 14.4. The van der Waals surface area contributed by atoms with Crippen molar-refractivity contribution >= 4 is 45.8 Å². The van der Waals surface area contributed by atoms with Gasteiger partial charge in [-0.15, -0.1) is 0 Å². The molecule has 2 aliphatic heterocycles. The Kier molecular flexibility index (Phi) is 10.5. The lowest BCUT2D eigenvalue weighted by molar-refractivity contribution is -0.137. The SMILES string of the molecule is COC(=O)N[C@@H](C=C(C)C)C(=O)N1C(c2ncc(-c3ccc(-c4ccc5c(ccc6nc(C7C[C@H]8[C@@H](C)[C@H]8N7C(=O)[C@H](NC(=O)OC)c7ccccc7)[nH]c65)c4)cc3)[nH]2)[C@H]2CC[C@@H]1C2. The standard InChI is InChI=1S/C50H52N8O6/c1-26(2)21-38(54-49(61)63-4)47(59)57-34-18-15-33(23-34)44(57)46-51-25-39(53-46)29-13-11-28(12-14-29)31-16-19-35-32(22-31)17-20-37-42(35)55-45(52-37)40-24-36-27(3)43(36)58(40)48(60)41(56-50(62)64-5)30-9-7-6-8-10-30/h6-14,16-17,19-22,25,27,33-34,36,38,40-41,43-44H,15,18,23-24H2,1-5H3,(H,51,53)(H,52,55)(H,54,61)(H,56,62)/t27-,33+,34-,36+,38+,40?,41-,43-,44?/m1/s1. The second-order valence-electron chi connectivity index (χ2n) is 18.0. The average Bonchev–Trinajstić information content (AvgIpc) is 4.04. The van der Waals surface area contributed by atoms with E-state index in [1.165, 1.54) is 14.2 Å². The molecule has 64 heavy (non-hydrogen) atoms. The van der Waals surface area contributed by atoms with Gasteiger partial charge in [0, 0.05) is 17.5 Å². The number of carbonyl (C=O) groups excluding carboxylic acids is 4. The molecule has 4 amide bonds. The van der Waals surface area contributed by atoms with Crippen molar-refractivity contribution in [3.8, 4) is 22.4 Å². The van der Waals surface area contributed by atoms with Gasteiger partial charge in [0.1, 0.15) is 23.7 Å². The molecule has 0 spiro atoms. The van der Waals surface area contributed by atoms with Crippen LogP contribution >= 0.6 is 0 Å². The number of aromatic nitrogens is 4. The number of likely N-dealkylation sites (tertiary alicyclic amines) is 2. The molecule has 2 bridgehead atoms. The normalized spacial score (nSPS) is 24.0. The number of piperidine rings is 2. The predicted octanol–water partition coefficient (Wildman–Crippen LogP) is 8.52. The largest absolute Gasteiger partial charge is 0.453 e. The summed E-state index contributed by atoms with van der Waals surface area (Å²) in [7, 11) is 2.59. The van der Waals surface area contributed by atoms with Crippen LogP contribution in [-0.4, -0.2) is 86.1 Å². The van der Waals surface area contributed by atoms with E-state index in [2.05, 4.69) is 76.1 Å². The van der Waals surface area contributed by atoms with Crippen LogP contribution in [0.5, 0.6) is 0 Å². The number of methoxy groups -OCH3 is 2. The van der Waals surface area contributed by atoms with Crippen molar-refractivity contribution in [3.63, 3.8) is 0 Å². The van der Waals surface area contributed by atoms with Crippen molar-refractivity contribution < 1.29 is 28.7 Å². The minimum atomic E-state index is -0.891. The number of nitrogens with one attached hydrogen (secondary N) is 4. The van der Waals surface area contributed by atoms with Crippen LogP contribution in [-0.2, 0) is 19.1 Å². The summed E-state index contributed by atoms with van der Waals surface area (Å²) >= 11 is 0. The third kappa shape index (κ3) is 7.24. The van der Waals surface area contributed by atoms with Gasteiger partial charge in [-0.25, -0.2) is 19.6 Å². The molecular weight excluding hydrogens is 809 g/mol. The molecule has 2 unspecified atom stereocenters. The quantitative estimate of drug-likeness (QED) is 0.0992. The molecule has 0 radical (unpaired) electrons. The first-order chi connectivity index (χ1) is 31.0. The molecule has 4 aromatic carbocycles. The Morgan fingerprint density at radius 1 is 0.797 bits per heavy atom. The van der Waals surface area contributed by atoms with Gasteiger partial charge in [0.25, 0.3) is 5.91 Å². The van der Waals surface area contributed by atoms with Gasteiger partial charge in [0.2, 0.25) is 5.91 Å². The summed E-state index contributed by atoms with van der Waals surface area (Å²) in [5.41, 5.74) is 7.34. The summed E-state index contributed by atoms with van der Waals surface area (Å²) in [4.78, 5) is 74.1. The van der Waals surface area contributed by atoms with Gasteiger partial charge in [-0.2, -0.15) is 0 Å². The van der Waals surface area contributed by atoms with Crippen molar-refractivity contribution in [1.82, 2.24) is 40.4 Å². The fourth-order valence-corrected chi connectivity index (χ4v) is 10.9. The summed E-state index contributed by atoms with van der Waals surface area (Å²) in [5.74, 6) is 2.18. The Morgan fingerprint density at radius 2 is 1.53 bits per heavy atom. The van der Waals surface area contributed by atoms with E-state index in [-0.39, 0.29) is 41.9 Å². The highest BCUT2D eigenvalue weighted by Crippen LogP contribution is 2.58. The molecular formula is C50H52N8O6. The minimum Gasteiger partial charge on any atom is -0.453 e. The summed E-state index contributed by atoms with van der Waals surface area (Å²) in [6.07, 6.45) is 5.96. The fourth-order valence-electron chi connectivity index (χ4n) is 10.9. The molecule has 4 heterocycles. The number of allylic oxidation sites excluding steroid dienone is 1. The van der Waals surface area contributed by atoms with Crippen molar-refractivity contribution in [2.24, 2.45) is 17.8 Å². The first kappa shape index (κ1) is 41.1. The molecule has 2 aliphatic carbocycles. The number of benzene rings is 4. The van der Waals surface area contributed by atoms with E-state index in [0.717, 1.165) is 87.1 Å². The monoisotopic (exact) mass is 860 g/mol. The number of hydrogen-bond donors (Lipinski definition) is 4.